The van der Waals surface area contributed by atoms with E-state index in [0.29, 0.717) is 38.6 Å². The summed E-state index contributed by atoms with van der Waals surface area (Å²) in [6, 6.07) is 12.0. The summed E-state index contributed by atoms with van der Waals surface area (Å²) in [5, 5.41) is 10.4. The van der Waals surface area contributed by atoms with Gasteiger partial charge in [-0.15, -0.1) is 5.10 Å². The highest BCUT2D eigenvalue weighted by Crippen LogP contribution is 2.31. The molecule has 1 heterocycles. The Morgan fingerprint density at radius 3 is 2.59 bits per heavy atom. The predicted molar refractivity (Wildman–Crippen MR) is 114 cm³/mol. The monoisotopic (exact) mass is 430 g/mol. The van der Waals surface area contributed by atoms with Crippen LogP contribution in [0.1, 0.15) is 24.2 Å². The number of methoxy groups -OCH3 is 1. The largest absolute Gasteiger partial charge is 0.496 e. The molecule has 0 spiro atoms. The van der Waals surface area contributed by atoms with Crippen molar-refractivity contribution in [1.29, 1.82) is 0 Å². The van der Waals surface area contributed by atoms with Gasteiger partial charge in [-0.1, -0.05) is 23.4 Å². The van der Waals surface area contributed by atoms with Crippen LogP contribution in [0.3, 0.4) is 0 Å². The minimum atomic E-state index is -0.438. The molecule has 29 heavy (non-hydrogen) atoms. The van der Waals surface area contributed by atoms with E-state index in [1.807, 2.05) is 0 Å². The van der Waals surface area contributed by atoms with Crippen LogP contribution in [-0.4, -0.2) is 39.2 Å². The molecule has 0 aliphatic carbocycles. The Morgan fingerprint density at radius 2 is 1.93 bits per heavy atom. The minimum Gasteiger partial charge on any atom is -0.496 e. The zero-order valence-electron chi connectivity index (χ0n) is 16.0. The van der Waals surface area contributed by atoms with Crippen LogP contribution in [0.4, 0.5) is 5.69 Å². The topological polar surface area (TPSA) is 97.0 Å². The summed E-state index contributed by atoms with van der Waals surface area (Å²) in [4.78, 5) is 28.2. The van der Waals surface area contributed by atoms with Crippen LogP contribution in [0.25, 0.3) is 11.4 Å². The van der Waals surface area contributed by atoms with Crippen LogP contribution in [0.5, 0.6) is 5.75 Å². The number of Topliss-reactive ketones (excluding diaryl/α,β-unsaturated/α-hetero) is 1. The first-order chi connectivity index (χ1) is 13.9. The van der Waals surface area contributed by atoms with Crippen LogP contribution >= 0.6 is 23.4 Å². The van der Waals surface area contributed by atoms with Gasteiger partial charge in [0.1, 0.15) is 5.75 Å². The molecule has 0 bridgehead atoms. The third-order valence-corrected chi connectivity index (χ3v) is 5.29. The van der Waals surface area contributed by atoms with E-state index in [4.69, 9.17) is 16.3 Å². The fourth-order valence-corrected chi connectivity index (χ4v) is 3.43. The molecule has 3 rings (SSSR count). The highest BCUT2D eigenvalue weighted by atomic mass is 35.5. The Hall–Kier alpha value is -2.84. The summed E-state index contributed by atoms with van der Waals surface area (Å²) in [6.45, 7) is 3.26. The molecule has 150 valence electrons. The maximum absolute atomic E-state index is 12.5. The molecule has 2 aromatic carbocycles. The van der Waals surface area contributed by atoms with Crippen molar-refractivity contribution >= 4 is 40.7 Å². The third-order valence-electron chi connectivity index (χ3n) is 4.09. The van der Waals surface area contributed by atoms with E-state index in [2.05, 4.69) is 20.5 Å². The number of hydrogen-bond donors (Lipinski definition) is 2. The van der Waals surface area contributed by atoms with Crippen molar-refractivity contribution in [3.63, 3.8) is 0 Å². The van der Waals surface area contributed by atoms with Gasteiger partial charge in [0.05, 0.1) is 17.9 Å². The summed E-state index contributed by atoms with van der Waals surface area (Å²) >= 11 is 7.28. The number of nitrogens with one attached hydrogen (secondary N) is 2. The third kappa shape index (κ3) is 5.16. The Kier molecular flexibility index (Phi) is 6.56. The number of rotatable bonds is 7. The molecule has 0 aliphatic rings. The SMILES string of the molecule is COc1ccc(Cl)cc1-c1nc(SC(C)C(=O)Nc2ccc(C(C)=O)cc2)n[nH]1. The second kappa shape index (κ2) is 9.11. The predicted octanol–water partition coefficient (Wildman–Crippen LogP) is 4.46. The lowest BCUT2D eigenvalue weighted by atomic mass is 10.1. The number of anilines is 1. The number of carbonyl (C=O) groups excluding carboxylic acids is 2. The van der Waals surface area contributed by atoms with E-state index in [0.717, 1.165) is 0 Å². The highest BCUT2D eigenvalue weighted by Gasteiger charge is 2.19. The molecule has 1 atom stereocenters. The molecule has 2 N–H and O–H groups in total. The lowest BCUT2D eigenvalue weighted by Gasteiger charge is -2.10. The van der Waals surface area contributed by atoms with Gasteiger partial charge in [-0.2, -0.15) is 0 Å². The molecule has 1 unspecified atom stereocenters. The Morgan fingerprint density at radius 1 is 1.21 bits per heavy atom. The number of ether oxygens (including phenoxy) is 1. The summed E-state index contributed by atoms with van der Waals surface area (Å²) in [5.74, 6) is 0.891. The van der Waals surface area contributed by atoms with Crippen LogP contribution in [-0.2, 0) is 4.79 Å². The first-order valence-electron chi connectivity index (χ1n) is 8.72. The van der Waals surface area contributed by atoms with Crippen molar-refractivity contribution in [2.24, 2.45) is 0 Å². The summed E-state index contributed by atoms with van der Waals surface area (Å²) in [6.07, 6.45) is 0. The molecule has 9 heteroatoms. The Bertz CT molecular complexity index is 1040. The average molecular weight is 431 g/mol. The second-order valence-electron chi connectivity index (χ2n) is 6.19. The molecule has 7 nitrogen and oxygen atoms in total. The fourth-order valence-electron chi connectivity index (χ4n) is 2.53. The van der Waals surface area contributed by atoms with Gasteiger partial charge >= 0.3 is 0 Å². The van der Waals surface area contributed by atoms with Crippen molar-refractivity contribution < 1.29 is 14.3 Å². The van der Waals surface area contributed by atoms with E-state index in [1.54, 1.807) is 56.5 Å². The van der Waals surface area contributed by atoms with Gasteiger partial charge in [-0.3, -0.25) is 14.7 Å². The minimum absolute atomic E-state index is 0.0245. The Labute approximate surface area is 177 Å². The van der Waals surface area contributed by atoms with Crippen molar-refractivity contribution in [1.82, 2.24) is 15.2 Å². The van der Waals surface area contributed by atoms with Crippen molar-refractivity contribution in [2.45, 2.75) is 24.3 Å². The quantitative estimate of drug-likeness (QED) is 0.424. The van der Waals surface area contributed by atoms with Gasteiger partial charge in [-0.25, -0.2) is 4.98 Å². The van der Waals surface area contributed by atoms with E-state index in [9.17, 15) is 9.59 Å². The lowest BCUT2D eigenvalue weighted by Crippen LogP contribution is -2.22. The van der Waals surface area contributed by atoms with E-state index in [-0.39, 0.29) is 11.7 Å². The van der Waals surface area contributed by atoms with Crippen LogP contribution < -0.4 is 10.1 Å². The lowest BCUT2D eigenvalue weighted by molar-refractivity contribution is -0.115. The standard InChI is InChI=1S/C20H19ClN4O3S/c1-11(26)13-4-7-15(8-5-13)22-19(27)12(2)29-20-23-18(24-25-20)16-10-14(21)6-9-17(16)28-3/h4-10,12H,1-3H3,(H,22,27)(H,23,24,25). The molecule has 0 fully saturated rings. The second-order valence-corrected chi connectivity index (χ2v) is 7.94. The first-order valence-corrected chi connectivity index (χ1v) is 9.98. The van der Waals surface area contributed by atoms with E-state index < -0.39 is 5.25 Å². The molecule has 0 saturated carbocycles. The maximum Gasteiger partial charge on any atom is 0.237 e. The number of aromatic amines is 1. The van der Waals surface area contributed by atoms with Gasteiger partial charge in [0.15, 0.2) is 11.6 Å². The van der Waals surface area contributed by atoms with Crippen molar-refractivity contribution in [3.8, 4) is 17.1 Å². The van der Waals surface area contributed by atoms with Gasteiger partial charge in [-0.05, 0) is 56.3 Å². The van der Waals surface area contributed by atoms with Crippen molar-refractivity contribution in [2.75, 3.05) is 12.4 Å². The molecular formula is C20H19ClN4O3S. The first kappa shape index (κ1) is 20.9. The van der Waals surface area contributed by atoms with Crippen molar-refractivity contribution in [3.05, 3.63) is 53.1 Å². The van der Waals surface area contributed by atoms with Crippen LogP contribution in [0.2, 0.25) is 5.02 Å². The number of halogens is 1. The fraction of sp³-hybridized carbons (Fsp3) is 0.200. The normalized spacial score (nSPS) is 11.7. The summed E-state index contributed by atoms with van der Waals surface area (Å²) in [7, 11) is 1.56. The van der Waals surface area contributed by atoms with Crippen LogP contribution in [0.15, 0.2) is 47.6 Å². The number of carbonyl (C=O) groups is 2. The summed E-state index contributed by atoms with van der Waals surface area (Å²) < 4.78 is 5.33. The number of ketones is 1. The molecule has 0 saturated heterocycles. The molecule has 0 aliphatic heterocycles. The molecule has 1 aromatic heterocycles. The highest BCUT2D eigenvalue weighted by molar-refractivity contribution is 8.00. The number of hydrogen-bond acceptors (Lipinski definition) is 6. The number of nitrogens with zero attached hydrogens (tertiary/aromatic N) is 2. The number of thioether (sulfide) groups is 1. The number of amides is 1. The number of H-pyrrole nitrogens is 1. The Balaban J connectivity index is 1.67. The van der Waals surface area contributed by atoms with Gasteiger partial charge < -0.3 is 10.1 Å². The molecule has 3 aromatic rings. The van der Waals surface area contributed by atoms with Gasteiger partial charge in [0.25, 0.3) is 0 Å². The van der Waals surface area contributed by atoms with Gasteiger partial charge in [0.2, 0.25) is 11.1 Å². The van der Waals surface area contributed by atoms with Crippen LogP contribution in [0, 0.1) is 0 Å². The molecule has 0 radical (unpaired) electrons. The summed E-state index contributed by atoms with van der Waals surface area (Å²) in [5.41, 5.74) is 1.89. The van der Waals surface area contributed by atoms with E-state index in [1.165, 1.54) is 18.7 Å². The number of benzene rings is 2. The van der Waals surface area contributed by atoms with E-state index >= 15 is 0 Å². The average Bonchev–Trinajstić information content (AvgIpc) is 3.16. The van der Waals surface area contributed by atoms with Gasteiger partial charge in [0, 0.05) is 16.3 Å². The molecular weight excluding hydrogens is 412 g/mol. The zero-order valence-corrected chi connectivity index (χ0v) is 17.6. The zero-order chi connectivity index (χ0) is 21.0. The maximum atomic E-state index is 12.5. The smallest absolute Gasteiger partial charge is 0.237 e. The number of aromatic nitrogens is 3. The molecule has 1 amide bonds.